The number of carbonyl (C=O) groups excluding carboxylic acids is 1. The molecule has 4 heteroatoms. The molecule has 1 amide bonds. The van der Waals surface area contributed by atoms with Crippen molar-refractivity contribution in [3.63, 3.8) is 0 Å². The van der Waals surface area contributed by atoms with E-state index in [9.17, 15) is 4.79 Å². The van der Waals surface area contributed by atoms with Crippen molar-refractivity contribution in [1.29, 1.82) is 0 Å². The van der Waals surface area contributed by atoms with Crippen LogP contribution in [0, 0.1) is 0 Å². The maximum absolute atomic E-state index is 13.3. The molecule has 0 aliphatic carbocycles. The molecule has 2 heterocycles. The minimum atomic E-state index is -0.186. The first kappa shape index (κ1) is 16.9. The summed E-state index contributed by atoms with van der Waals surface area (Å²) >= 11 is 1.67. The van der Waals surface area contributed by atoms with E-state index in [1.54, 1.807) is 18.0 Å². The molecule has 0 saturated carbocycles. The van der Waals surface area contributed by atoms with E-state index in [1.807, 2.05) is 60.5 Å². The predicted octanol–water partition coefficient (Wildman–Crippen LogP) is 4.35. The van der Waals surface area contributed by atoms with Crippen LogP contribution in [0.25, 0.3) is 0 Å². The van der Waals surface area contributed by atoms with Gasteiger partial charge in [-0.3, -0.25) is 9.78 Å². The number of fused-ring (bicyclic) bond motifs is 1. The third kappa shape index (κ3) is 3.25. The highest BCUT2D eigenvalue weighted by Crippen LogP contribution is 2.39. The monoisotopic (exact) mass is 360 g/mol. The Morgan fingerprint density at radius 3 is 2.50 bits per heavy atom. The van der Waals surface area contributed by atoms with Gasteiger partial charge in [0.1, 0.15) is 0 Å². The molecule has 3 nitrogen and oxygen atoms in total. The molecule has 0 bridgehead atoms. The number of aromatic nitrogens is 1. The van der Waals surface area contributed by atoms with Gasteiger partial charge in [0, 0.05) is 18.1 Å². The van der Waals surface area contributed by atoms with Gasteiger partial charge in [0.2, 0.25) is 5.91 Å². The van der Waals surface area contributed by atoms with E-state index in [1.165, 1.54) is 10.5 Å². The van der Waals surface area contributed by atoms with E-state index >= 15 is 0 Å². The molecule has 2 unspecified atom stereocenters. The number of nitrogens with zero attached hydrogens (tertiary/aromatic N) is 2. The van der Waals surface area contributed by atoms with E-state index in [0.717, 1.165) is 17.7 Å². The van der Waals surface area contributed by atoms with Crippen molar-refractivity contribution in [3.05, 3.63) is 95.8 Å². The molecule has 130 valence electrons. The highest BCUT2D eigenvalue weighted by atomic mass is 32.2. The van der Waals surface area contributed by atoms with Crippen molar-refractivity contribution >= 4 is 17.7 Å². The van der Waals surface area contributed by atoms with Gasteiger partial charge in [0.05, 0.1) is 17.0 Å². The van der Waals surface area contributed by atoms with Crippen molar-refractivity contribution in [2.45, 2.75) is 22.6 Å². The molecule has 0 radical (unpaired) electrons. The Hall–Kier alpha value is -2.59. The Labute approximate surface area is 158 Å². The van der Waals surface area contributed by atoms with Crippen LogP contribution in [-0.2, 0) is 11.2 Å². The fourth-order valence-corrected chi connectivity index (χ4v) is 4.74. The molecule has 0 saturated heterocycles. The van der Waals surface area contributed by atoms with Crippen LogP contribution in [0.3, 0.4) is 0 Å². The number of benzene rings is 2. The normalized spacial score (nSPS) is 16.7. The SMILES string of the molecule is CN(C(=O)C1Cc2ccccc2S1)C(c1ccccc1)c1ccccn1. The zero-order valence-electron chi connectivity index (χ0n) is 14.6. The largest absolute Gasteiger partial charge is 0.332 e. The standard InChI is InChI=1S/C22H20N2OS/c1-24(22(25)20-15-17-11-5-6-13-19(17)26-20)21(16-9-3-2-4-10-16)18-12-7-8-14-23-18/h2-14,20-21H,15H2,1H3. The van der Waals surface area contributed by atoms with Gasteiger partial charge in [-0.15, -0.1) is 11.8 Å². The molecule has 1 aliphatic heterocycles. The fourth-order valence-electron chi connectivity index (χ4n) is 3.44. The van der Waals surface area contributed by atoms with Crippen LogP contribution >= 0.6 is 11.8 Å². The molecule has 1 aromatic heterocycles. The zero-order valence-corrected chi connectivity index (χ0v) is 15.4. The second kappa shape index (κ2) is 7.34. The summed E-state index contributed by atoms with van der Waals surface area (Å²) in [6.45, 7) is 0. The minimum Gasteiger partial charge on any atom is -0.332 e. The number of hydrogen-bond acceptors (Lipinski definition) is 3. The number of rotatable bonds is 4. The molecule has 2 aromatic carbocycles. The number of hydrogen-bond donors (Lipinski definition) is 0. The summed E-state index contributed by atoms with van der Waals surface area (Å²) in [5.74, 6) is 0.144. The van der Waals surface area contributed by atoms with Gasteiger partial charge >= 0.3 is 0 Å². The maximum atomic E-state index is 13.3. The lowest BCUT2D eigenvalue weighted by Gasteiger charge is -2.30. The summed E-state index contributed by atoms with van der Waals surface area (Å²) in [6.07, 6.45) is 2.57. The maximum Gasteiger partial charge on any atom is 0.236 e. The minimum absolute atomic E-state index is 0.0766. The van der Waals surface area contributed by atoms with Gasteiger partial charge in [-0.2, -0.15) is 0 Å². The Kier molecular flexibility index (Phi) is 4.76. The van der Waals surface area contributed by atoms with Crippen LogP contribution in [0.2, 0.25) is 0 Å². The van der Waals surface area contributed by atoms with Gasteiger partial charge in [-0.1, -0.05) is 54.6 Å². The average molecular weight is 360 g/mol. The van der Waals surface area contributed by atoms with Crippen LogP contribution in [0.5, 0.6) is 0 Å². The Bertz CT molecular complexity index is 834. The topological polar surface area (TPSA) is 33.2 Å². The average Bonchev–Trinajstić information content (AvgIpc) is 3.13. The second-order valence-electron chi connectivity index (χ2n) is 6.44. The Morgan fingerprint density at radius 2 is 1.77 bits per heavy atom. The van der Waals surface area contributed by atoms with Crippen molar-refractivity contribution in [2.75, 3.05) is 7.05 Å². The Morgan fingerprint density at radius 1 is 1.04 bits per heavy atom. The van der Waals surface area contributed by atoms with Crippen LogP contribution in [0.1, 0.15) is 22.9 Å². The van der Waals surface area contributed by atoms with Crippen molar-refractivity contribution in [3.8, 4) is 0 Å². The smallest absolute Gasteiger partial charge is 0.236 e. The van der Waals surface area contributed by atoms with Crippen LogP contribution in [0.15, 0.2) is 83.9 Å². The summed E-state index contributed by atoms with van der Waals surface area (Å²) in [4.78, 5) is 20.9. The molecule has 0 fully saturated rings. The number of thioether (sulfide) groups is 1. The van der Waals surface area contributed by atoms with Gasteiger partial charge in [-0.05, 0) is 35.7 Å². The van der Waals surface area contributed by atoms with Gasteiger partial charge in [0.25, 0.3) is 0 Å². The predicted molar refractivity (Wildman–Crippen MR) is 105 cm³/mol. The molecule has 0 N–H and O–H groups in total. The zero-order chi connectivity index (χ0) is 17.9. The summed E-state index contributed by atoms with van der Waals surface area (Å²) in [6, 6.07) is 24.1. The van der Waals surface area contributed by atoms with Crippen LogP contribution in [0.4, 0.5) is 0 Å². The summed E-state index contributed by atoms with van der Waals surface area (Å²) < 4.78 is 0. The summed E-state index contributed by atoms with van der Waals surface area (Å²) in [5, 5.41) is -0.0766. The van der Waals surface area contributed by atoms with Crippen LogP contribution in [-0.4, -0.2) is 28.1 Å². The molecule has 1 aliphatic rings. The molecular formula is C22H20N2OS. The quantitative estimate of drug-likeness (QED) is 0.694. The lowest BCUT2D eigenvalue weighted by molar-refractivity contribution is -0.130. The summed E-state index contributed by atoms with van der Waals surface area (Å²) in [5.41, 5.74) is 3.22. The molecule has 3 aromatic rings. The van der Waals surface area contributed by atoms with Crippen molar-refractivity contribution < 1.29 is 4.79 Å². The first-order valence-electron chi connectivity index (χ1n) is 8.71. The van der Waals surface area contributed by atoms with E-state index in [4.69, 9.17) is 0 Å². The molecule has 4 rings (SSSR count). The molecule has 2 atom stereocenters. The van der Waals surface area contributed by atoms with Gasteiger partial charge < -0.3 is 4.90 Å². The van der Waals surface area contributed by atoms with Gasteiger partial charge in [-0.25, -0.2) is 0 Å². The lowest BCUT2D eigenvalue weighted by atomic mass is 10.0. The summed E-state index contributed by atoms with van der Waals surface area (Å²) in [7, 11) is 1.89. The highest BCUT2D eigenvalue weighted by molar-refractivity contribution is 8.01. The first-order chi connectivity index (χ1) is 12.7. The number of amides is 1. The highest BCUT2D eigenvalue weighted by Gasteiger charge is 2.34. The third-order valence-corrected chi connectivity index (χ3v) is 6.05. The third-order valence-electron chi connectivity index (χ3n) is 4.74. The fraction of sp³-hybridized carbons (Fsp3) is 0.182. The van der Waals surface area contributed by atoms with Crippen molar-refractivity contribution in [1.82, 2.24) is 9.88 Å². The molecule has 0 spiro atoms. The van der Waals surface area contributed by atoms with E-state index < -0.39 is 0 Å². The van der Waals surface area contributed by atoms with Crippen LogP contribution < -0.4 is 0 Å². The number of carbonyl (C=O) groups is 1. The Balaban J connectivity index is 1.63. The van der Waals surface area contributed by atoms with Gasteiger partial charge in [0.15, 0.2) is 0 Å². The molecular weight excluding hydrogens is 340 g/mol. The van der Waals surface area contributed by atoms with E-state index in [0.29, 0.717) is 0 Å². The first-order valence-corrected chi connectivity index (χ1v) is 9.59. The lowest BCUT2D eigenvalue weighted by Crippen LogP contribution is -2.38. The van der Waals surface area contributed by atoms with Crippen molar-refractivity contribution in [2.24, 2.45) is 0 Å². The molecule has 26 heavy (non-hydrogen) atoms. The van der Waals surface area contributed by atoms with E-state index in [-0.39, 0.29) is 17.2 Å². The number of pyridine rings is 1. The second-order valence-corrected chi connectivity index (χ2v) is 7.68. The van der Waals surface area contributed by atoms with E-state index in [2.05, 4.69) is 29.2 Å².